The van der Waals surface area contributed by atoms with Crippen LogP contribution in [-0.4, -0.2) is 12.5 Å². The van der Waals surface area contributed by atoms with Crippen molar-refractivity contribution in [2.75, 3.05) is 11.9 Å². The van der Waals surface area contributed by atoms with Crippen LogP contribution >= 0.6 is 27.3 Å². The second-order valence-corrected chi connectivity index (χ2v) is 6.22. The minimum atomic E-state index is -0.0353. The second kappa shape index (κ2) is 7.57. The highest BCUT2D eigenvalue weighted by Gasteiger charge is 2.12. The molecule has 0 fully saturated rings. The molecule has 2 N–H and O–H groups in total. The molecule has 0 aliphatic rings. The predicted molar refractivity (Wildman–Crippen MR) is 88.1 cm³/mol. The fourth-order valence-corrected chi connectivity index (χ4v) is 3.18. The molecule has 1 aromatic carbocycles. The molecule has 106 valence electrons. The Labute approximate surface area is 131 Å². The molecule has 3 nitrogen and oxygen atoms in total. The molecular formula is C15H17BrN2OS. The van der Waals surface area contributed by atoms with Gasteiger partial charge in [-0.1, -0.05) is 25.1 Å². The smallest absolute Gasteiger partial charge is 0.238 e. The number of benzene rings is 1. The van der Waals surface area contributed by atoms with E-state index in [9.17, 15) is 4.79 Å². The highest BCUT2D eigenvalue weighted by Crippen LogP contribution is 2.22. The third kappa shape index (κ3) is 4.16. The number of carbonyl (C=O) groups excluding carboxylic acids is 1. The maximum absolute atomic E-state index is 12.0. The topological polar surface area (TPSA) is 41.1 Å². The van der Waals surface area contributed by atoms with E-state index in [4.69, 9.17) is 0 Å². The molecule has 1 heterocycles. The third-order valence-corrected chi connectivity index (χ3v) is 4.63. The lowest BCUT2D eigenvalue weighted by Gasteiger charge is -2.15. The molecule has 0 bridgehead atoms. The molecule has 1 aromatic heterocycles. The van der Waals surface area contributed by atoms with Gasteiger partial charge in [0.15, 0.2) is 0 Å². The van der Waals surface area contributed by atoms with Gasteiger partial charge in [-0.15, -0.1) is 11.3 Å². The van der Waals surface area contributed by atoms with E-state index in [1.165, 1.54) is 4.88 Å². The Morgan fingerprint density at radius 2 is 2.10 bits per heavy atom. The van der Waals surface area contributed by atoms with Crippen LogP contribution in [-0.2, 0) is 4.79 Å². The van der Waals surface area contributed by atoms with Crippen molar-refractivity contribution in [2.24, 2.45) is 0 Å². The van der Waals surface area contributed by atoms with E-state index in [0.717, 1.165) is 16.6 Å². The van der Waals surface area contributed by atoms with Crippen molar-refractivity contribution >= 4 is 38.9 Å². The zero-order chi connectivity index (χ0) is 14.4. The van der Waals surface area contributed by atoms with Gasteiger partial charge in [-0.2, -0.15) is 0 Å². The molecule has 2 rings (SSSR count). The van der Waals surface area contributed by atoms with Crippen molar-refractivity contribution < 1.29 is 4.79 Å². The van der Waals surface area contributed by atoms with Gasteiger partial charge in [-0.3, -0.25) is 4.79 Å². The fraction of sp³-hybridized carbons (Fsp3) is 0.267. The molecule has 1 unspecified atom stereocenters. The fourth-order valence-electron chi connectivity index (χ4n) is 1.91. The highest BCUT2D eigenvalue weighted by atomic mass is 79.9. The minimum absolute atomic E-state index is 0.0353. The zero-order valence-corrected chi connectivity index (χ0v) is 13.6. The van der Waals surface area contributed by atoms with Crippen LogP contribution in [0.3, 0.4) is 0 Å². The summed E-state index contributed by atoms with van der Waals surface area (Å²) >= 11 is 5.13. The average molecular weight is 353 g/mol. The first kappa shape index (κ1) is 15.2. The molecule has 0 saturated heterocycles. The lowest BCUT2D eigenvalue weighted by atomic mass is 10.2. The van der Waals surface area contributed by atoms with Gasteiger partial charge in [0.25, 0.3) is 0 Å². The Hall–Kier alpha value is -1.17. The van der Waals surface area contributed by atoms with Gasteiger partial charge >= 0.3 is 0 Å². The van der Waals surface area contributed by atoms with Gasteiger partial charge < -0.3 is 10.6 Å². The summed E-state index contributed by atoms with van der Waals surface area (Å²) in [6.45, 7) is 2.42. The molecule has 1 amide bonds. The van der Waals surface area contributed by atoms with Gasteiger partial charge in [-0.25, -0.2) is 0 Å². The molecule has 0 spiro atoms. The number of halogens is 1. The summed E-state index contributed by atoms with van der Waals surface area (Å²) in [5.41, 5.74) is 0.795. The summed E-state index contributed by atoms with van der Waals surface area (Å²) in [5, 5.41) is 8.24. The Kier molecular flexibility index (Phi) is 5.76. The van der Waals surface area contributed by atoms with Crippen molar-refractivity contribution in [3.63, 3.8) is 0 Å². The maximum Gasteiger partial charge on any atom is 0.238 e. The van der Waals surface area contributed by atoms with Gasteiger partial charge in [0.05, 0.1) is 12.2 Å². The van der Waals surface area contributed by atoms with E-state index in [1.54, 1.807) is 11.3 Å². The normalized spacial score (nSPS) is 12.1. The first-order valence-electron chi connectivity index (χ1n) is 6.52. The van der Waals surface area contributed by atoms with Crippen LogP contribution in [0.25, 0.3) is 0 Å². The maximum atomic E-state index is 12.0. The van der Waals surface area contributed by atoms with Crippen molar-refractivity contribution in [1.29, 1.82) is 0 Å². The van der Waals surface area contributed by atoms with Crippen LogP contribution in [0.15, 0.2) is 46.3 Å². The van der Waals surface area contributed by atoms with E-state index < -0.39 is 0 Å². The molecule has 5 heteroatoms. The Bertz CT molecular complexity index is 557. The van der Waals surface area contributed by atoms with Gasteiger partial charge in [0.1, 0.15) is 0 Å². The quantitative estimate of drug-likeness (QED) is 0.818. The molecule has 20 heavy (non-hydrogen) atoms. The zero-order valence-electron chi connectivity index (χ0n) is 11.2. The summed E-state index contributed by atoms with van der Waals surface area (Å²) in [4.78, 5) is 13.2. The van der Waals surface area contributed by atoms with Crippen LogP contribution in [0.1, 0.15) is 24.3 Å². The van der Waals surface area contributed by atoms with Crippen LogP contribution in [0.2, 0.25) is 0 Å². The lowest BCUT2D eigenvalue weighted by Crippen LogP contribution is -2.30. The van der Waals surface area contributed by atoms with Gasteiger partial charge in [-0.05, 0) is 45.9 Å². The SMILES string of the molecule is CCC(NCC(=O)Nc1ccccc1Br)c1cccs1. The number of hydrogen-bond acceptors (Lipinski definition) is 3. The van der Waals surface area contributed by atoms with Crippen LogP contribution in [0.4, 0.5) is 5.69 Å². The van der Waals surface area contributed by atoms with E-state index in [2.05, 4.69) is 44.9 Å². The highest BCUT2D eigenvalue weighted by molar-refractivity contribution is 9.10. The number of carbonyl (C=O) groups is 1. The number of amides is 1. The number of rotatable bonds is 6. The summed E-state index contributed by atoms with van der Waals surface area (Å²) in [6.07, 6.45) is 0.961. The lowest BCUT2D eigenvalue weighted by molar-refractivity contribution is -0.115. The molecular weight excluding hydrogens is 336 g/mol. The van der Waals surface area contributed by atoms with E-state index >= 15 is 0 Å². The molecule has 1 atom stereocenters. The summed E-state index contributed by atoms with van der Waals surface area (Å²) in [7, 11) is 0. The number of nitrogens with one attached hydrogen (secondary N) is 2. The van der Waals surface area contributed by atoms with Crippen molar-refractivity contribution in [3.8, 4) is 0 Å². The number of hydrogen-bond donors (Lipinski definition) is 2. The summed E-state index contributed by atoms with van der Waals surface area (Å²) in [6, 6.07) is 12.0. The predicted octanol–water partition coefficient (Wildman–Crippen LogP) is 4.19. The first-order chi connectivity index (χ1) is 9.70. The Morgan fingerprint density at radius 1 is 1.30 bits per heavy atom. The van der Waals surface area contributed by atoms with Crippen LogP contribution < -0.4 is 10.6 Å². The molecule has 0 aliphatic carbocycles. The largest absolute Gasteiger partial charge is 0.324 e. The summed E-state index contributed by atoms with van der Waals surface area (Å²) < 4.78 is 0.888. The van der Waals surface area contributed by atoms with Crippen LogP contribution in [0, 0.1) is 0 Å². The standard InChI is InChI=1S/C15H17BrN2OS/c1-2-12(14-8-5-9-20-14)17-10-15(19)18-13-7-4-3-6-11(13)16/h3-9,12,17H,2,10H2,1H3,(H,18,19). The third-order valence-electron chi connectivity index (χ3n) is 2.95. The first-order valence-corrected chi connectivity index (χ1v) is 8.19. The van der Waals surface area contributed by atoms with E-state index in [0.29, 0.717) is 6.54 Å². The van der Waals surface area contributed by atoms with Gasteiger partial charge in [0, 0.05) is 15.4 Å². The molecule has 0 aliphatic heterocycles. The van der Waals surface area contributed by atoms with E-state index in [1.807, 2.05) is 30.3 Å². The van der Waals surface area contributed by atoms with Crippen molar-refractivity contribution in [2.45, 2.75) is 19.4 Å². The van der Waals surface area contributed by atoms with Crippen LogP contribution in [0.5, 0.6) is 0 Å². The second-order valence-electron chi connectivity index (χ2n) is 4.39. The Morgan fingerprint density at radius 3 is 2.75 bits per heavy atom. The summed E-state index contributed by atoms with van der Waals surface area (Å²) in [5.74, 6) is -0.0353. The molecule has 2 aromatic rings. The molecule has 0 radical (unpaired) electrons. The molecule has 0 saturated carbocycles. The minimum Gasteiger partial charge on any atom is -0.324 e. The van der Waals surface area contributed by atoms with Crippen molar-refractivity contribution in [1.82, 2.24) is 5.32 Å². The number of anilines is 1. The Balaban J connectivity index is 1.87. The number of thiophene rings is 1. The van der Waals surface area contributed by atoms with E-state index in [-0.39, 0.29) is 11.9 Å². The van der Waals surface area contributed by atoms with Crippen molar-refractivity contribution in [3.05, 3.63) is 51.1 Å². The monoisotopic (exact) mass is 352 g/mol. The van der Waals surface area contributed by atoms with Gasteiger partial charge in [0.2, 0.25) is 5.91 Å². The number of para-hydroxylation sites is 1. The average Bonchev–Trinajstić information content (AvgIpc) is 2.96.